The molecule has 1 unspecified atom stereocenters. The molecule has 0 radical (unpaired) electrons. The number of amides is 2. The summed E-state index contributed by atoms with van der Waals surface area (Å²) in [7, 11) is 0. The summed E-state index contributed by atoms with van der Waals surface area (Å²) in [4.78, 5) is 14.1. The highest BCUT2D eigenvalue weighted by Crippen LogP contribution is 2.36. The second kappa shape index (κ2) is 5.62. The number of carbonyl (C=O) groups is 1. The van der Waals surface area contributed by atoms with Crippen LogP contribution in [-0.2, 0) is 6.42 Å². The number of benzene rings is 1. The monoisotopic (exact) mass is 294 g/mol. The van der Waals surface area contributed by atoms with Crippen molar-refractivity contribution in [3.63, 3.8) is 0 Å². The Morgan fingerprint density at radius 2 is 2.20 bits per heavy atom. The van der Waals surface area contributed by atoms with Gasteiger partial charge in [-0.1, -0.05) is 23.7 Å². The van der Waals surface area contributed by atoms with Crippen molar-refractivity contribution in [3.05, 3.63) is 34.3 Å². The number of carbonyl (C=O) groups excluding carboxylic acids is 1. The molecular formula is C15H19ClN2O2. The van der Waals surface area contributed by atoms with E-state index in [1.54, 1.807) is 4.90 Å². The van der Waals surface area contributed by atoms with Gasteiger partial charge in [0.25, 0.3) is 0 Å². The number of hydrogen-bond acceptors (Lipinski definition) is 2. The third-order valence-electron chi connectivity index (χ3n) is 4.10. The Kier molecular flexibility index (Phi) is 3.85. The highest BCUT2D eigenvalue weighted by atomic mass is 35.5. The fraction of sp³-hybridized carbons (Fsp3) is 0.533. The number of aliphatic hydroxyl groups excluding tert-OH is 1. The molecule has 1 aromatic rings. The van der Waals surface area contributed by atoms with Gasteiger partial charge in [0.2, 0.25) is 0 Å². The van der Waals surface area contributed by atoms with Crippen molar-refractivity contribution in [2.45, 2.75) is 37.8 Å². The Hall–Kier alpha value is -1.26. The van der Waals surface area contributed by atoms with Gasteiger partial charge in [-0.2, -0.15) is 0 Å². The Labute approximate surface area is 123 Å². The molecule has 3 rings (SSSR count). The van der Waals surface area contributed by atoms with Crippen molar-refractivity contribution in [2.75, 3.05) is 13.2 Å². The van der Waals surface area contributed by atoms with E-state index < -0.39 is 0 Å². The lowest BCUT2D eigenvalue weighted by molar-refractivity contribution is 0.170. The van der Waals surface area contributed by atoms with Crippen LogP contribution in [0, 0.1) is 0 Å². The van der Waals surface area contributed by atoms with Gasteiger partial charge in [-0.3, -0.25) is 0 Å². The molecule has 0 bridgehead atoms. The predicted molar refractivity (Wildman–Crippen MR) is 77.9 cm³/mol. The third-order valence-corrected chi connectivity index (χ3v) is 4.45. The molecule has 2 aliphatic rings. The van der Waals surface area contributed by atoms with Gasteiger partial charge in [0.15, 0.2) is 0 Å². The van der Waals surface area contributed by atoms with Crippen LogP contribution in [0.25, 0.3) is 0 Å². The van der Waals surface area contributed by atoms with Gasteiger partial charge < -0.3 is 15.3 Å². The van der Waals surface area contributed by atoms with Crippen molar-refractivity contribution >= 4 is 17.6 Å². The minimum Gasteiger partial charge on any atom is -0.395 e. The Morgan fingerprint density at radius 3 is 2.90 bits per heavy atom. The minimum atomic E-state index is -0.0700. The summed E-state index contributed by atoms with van der Waals surface area (Å²) in [5.41, 5.74) is 2.28. The standard InChI is InChI=1S/C15H19ClN2O2/c16-13-3-1-2-12-11(13)6-7-14(12)17-15(20)18(8-9-19)10-4-5-10/h1-3,10,14,19H,4-9H2,(H,17,20). The highest BCUT2D eigenvalue weighted by molar-refractivity contribution is 6.31. The molecule has 1 aromatic carbocycles. The molecule has 108 valence electrons. The van der Waals surface area contributed by atoms with Crippen molar-refractivity contribution in [3.8, 4) is 0 Å². The molecule has 2 aliphatic carbocycles. The lowest BCUT2D eigenvalue weighted by Crippen LogP contribution is -2.43. The van der Waals surface area contributed by atoms with Gasteiger partial charge in [-0.25, -0.2) is 4.79 Å². The van der Waals surface area contributed by atoms with Crippen molar-refractivity contribution in [1.82, 2.24) is 10.2 Å². The largest absolute Gasteiger partial charge is 0.395 e. The number of hydrogen-bond donors (Lipinski definition) is 2. The molecule has 20 heavy (non-hydrogen) atoms. The Balaban J connectivity index is 1.70. The lowest BCUT2D eigenvalue weighted by atomic mass is 10.1. The maximum Gasteiger partial charge on any atom is 0.318 e. The average Bonchev–Trinajstić information content (AvgIpc) is 3.19. The first kappa shape index (κ1) is 13.7. The van der Waals surface area contributed by atoms with E-state index in [1.165, 1.54) is 0 Å². The molecule has 0 heterocycles. The summed E-state index contributed by atoms with van der Waals surface area (Å²) in [6.07, 6.45) is 3.88. The summed E-state index contributed by atoms with van der Waals surface area (Å²) in [6.45, 7) is 0.419. The number of nitrogens with zero attached hydrogens (tertiary/aromatic N) is 1. The number of halogens is 1. The zero-order chi connectivity index (χ0) is 14.1. The van der Waals surface area contributed by atoms with E-state index in [2.05, 4.69) is 5.32 Å². The molecule has 2 N–H and O–H groups in total. The van der Waals surface area contributed by atoms with E-state index in [-0.39, 0.29) is 18.7 Å². The summed E-state index contributed by atoms with van der Waals surface area (Å²) in [5, 5.41) is 12.9. The first-order chi connectivity index (χ1) is 9.70. The van der Waals surface area contributed by atoms with Crippen LogP contribution in [0.1, 0.15) is 36.4 Å². The van der Waals surface area contributed by atoms with E-state index in [9.17, 15) is 4.79 Å². The van der Waals surface area contributed by atoms with E-state index in [0.717, 1.165) is 41.8 Å². The molecule has 0 spiro atoms. The fourth-order valence-corrected chi connectivity index (χ4v) is 3.21. The van der Waals surface area contributed by atoms with E-state index in [4.69, 9.17) is 16.7 Å². The molecule has 0 aromatic heterocycles. The number of aliphatic hydroxyl groups is 1. The number of rotatable bonds is 4. The van der Waals surface area contributed by atoms with Gasteiger partial charge in [-0.05, 0) is 42.9 Å². The summed E-state index contributed by atoms with van der Waals surface area (Å²) >= 11 is 6.19. The average molecular weight is 295 g/mol. The number of nitrogens with one attached hydrogen (secondary N) is 1. The van der Waals surface area contributed by atoms with E-state index >= 15 is 0 Å². The van der Waals surface area contributed by atoms with E-state index in [0.29, 0.717) is 12.6 Å². The van der Waals surface area contributed by atoms with Crippen molar-refractivity contribution < 1.29 is 9.90 Å². The van der Waals surface area contributed by atoms with Crippen LogP contribution in [0.15, 0.2) is 18.2 Å². The van der Waals surface area contributed by atoms with Gasteiger partial charge in [0.1, 0.15) is 0 Å². The fourth-order valence-electron chi connectivity index (χ4n) is 2.94. The van der Waals surface area contributed by atoms with Crippen LogP contribution in [0.5, 0.6) is 0 Å². The second-order valence-corrected chi connectivity index (χ2v) is 5.90. The molecule has 1 fully saturated rings. The maximum atomic E-state index is 12.3. The zero-order valence-corrected chi connectivity index (χ0v) is 12.1. The Morgan fingerprint density at radius 1 is 1.40 bits per heavy atom. The second-order valence-electron chi connectivity index (χ2n) is 5.50. The summed E-state index contributed by atoms with van der Waals surface area (Å²) in [5.74, 6) is 0. The molecule has 4 nitrogen and oxygen atoms in total. The highest BCUT2D eigenvalue weighted by Gasteiger charge is 2.34. The van der Waals surface area contributed by atoms with Crippen LogP contribution >= 0.6 is 11.6 Å². The van der Waals surface area contributed by atoms with Crippen LogP contribution < -0.4 is 5.32 Å². The van der Waals surface area contributed by atoms with Gasteiger partial charge in [0, 0.05) is 17.6 Å². The van der Waals surface area contributed by atoms with Crippen molar-refractivity contribution in [2.24, 2.45) is 0 Å². The van der Waals surface area contributed by atoms with Crippen LogP contribution in [-0.4, -0.2) is 35.2 Å². The zero-order valence-electron chi connectivity index (χ0n) is 11.3. The SMILES string of the molecule is O=C(NC1CCc2c(Cl)cccc21)N(CCO)C1CC1. The normalized spacial score (nSPS) is 20.6. The molecular weight excluding hydrogens is 276 g/mol. The molecule has 5 heteroatoms. The third kappa shape index (κ3) is 2.63. The first-order valence-corrected chi connectivity index (χ1v) is 7.53. The van der Waals surface area contributed by atoms with Gasteiger partial charge in [0.05, 0.1) is 12.6 Å². The Bertz CT molecular complexity index is 517. The lowest BCUT2D eigenvalue weighted by Gasteiger charge is -2.24. The smallest absolute Gasteiger partial charge is 0.318 e. The van der Waals surface area contributed by atoms with Gasteiger partial charge in [-0.15, -0.1) is 0 Å². The molecule has 0 saturated heterocycles. The summed E-state index contributed by atoms with van der Waals surface area (Å²) in [6, 6.07) is 6.13. The van der Waals surface area contributed by atoms with Gasteiger partial charge >= 0.3 is 6.03 Å². The number of fused-ring (bicyclic) bond motifs is 1. The number of urea groups is 1. The quantitative estimate of drug-likeness (QED) is 0.896. The minimum absolute atomic E-state index is 0.0109. The predicted octanol–water partition coefficient (Wildman–Crippen LogP) is 2.49. The molecule has 2 amide bonds. The molecule has 1 atom stereocenters. The first-order valence-electron chi connectivity index (χ1n) is 7.16. The maximum absolute atomic E-state index is 12.3. The van der Waals surface area contributed by atoms with Crippen LogP contribution in [0.3, 0.4) is 0 Å². The summed E-state index contributed by atoms with van der Waals surface area (Å²) < 4.78 is 0. The molecule has 0 aliphatic heterocycles. The van der Waals surface area contributed by atoms with Crippen LogP contribution in [0.4, 0.5) is 4.79 Å². The topological polar surface area (TPSA) is 52.6 Å². The van der Waals surface area contributed by atoms with Crippen molar-refractivity contribution in [1.29, 1.82) is 0 Å². The van der Waals surface area contributed by atoms with E-state index in [1.807, 2.05) is 18.2 Å². The molecule has 1 saturated carbocycles. The van der Waals surface area contributed by atoms with Crippen LogP contribution in [0.2, 0.25) is 5.02 Å².